The number of ether oxygens (including phenoxy) is 1. The highest BCUT2D eigenvalue weighted by molar-refractivity contribution is 7.10. The second kappa shape index (κ2) is 6.44. The number of methoxy groups -OCH3 is 1. The molecule has 110 valence electrons. The van der Waals surface area contributed by atoms with Gasteiger partial charge in [-0.25, -0.2) is 0 Å². The van der Waals surface area contributed by atoms with E-state index in [2.05, 4.69) is 11.4 Å². The van der Waals surface area contributed by atoms with Crippen molar-refractivity contribution in [1.29, 1.82) is 0 Å². The molecule has 1 aliphatic carbocycles. The number of Topliss-reactive ketones (excluding diaryl/α,β-unsaturated/α-hetero) is 1. The summed E-state index contributed by atoms with van der Waals surface area (Å²) in [6, 6.07) is 10.1. The van der Waals surface area contributed by atoms with Crippen LogP contribution in [0.2, 0.25) is 0 Å². The van der Waals surface area contributed by atoms with E-state index >= 15 is 0 Å². The van der Waals surface area contributed by atoms with E-state index < -0.39 is 0 Å². The van der Waals surface area contributed by atoms with Crippen molar-refractivity contribution >= 4 is 17.1 Å². The number of benzene rings is 1. The van der Waals surface area contributed by atoms with E-state index in [4.69, 9.17) is 4.74 Å². The lowest BCUT2D eigenvalue weighted by Crippen LogP contribution is -2.17. The van der Waals surface area contributed by atoms with Crippen LogP contribution in [0.4, 0.5) is 0 Å². The highest BCUT2D eigenvalue weighted by Crippen LogP contribution is 2.36. The van der Waals surface area contributed by atoms with E-state index in [0.717, 1.165) is 31.4 Å². The molecule has 0 radical (unpaired) electrons. The van der Waals surface area contributed by atoms with Crippen molar-refractivity contribution in [3.05, 3.63) is 51.7 Å². The fraction of sp³-hybridized carbons (Fsp3) is 0.389. The minimum absolute atomic E-state index is 0.137. The van der Waals surface area contributed by atoms with Crippen LogP contribution in [-0.4, -0.2) is 12.9 Å². The monoisotopic (exact) mass is 300 g/mol. The van der Waals surface area contributed by atoms with Crippen molar-refractivity contribution in [2.45, 2.75) is 38.0 Å². The van der Waals surface area contributed by atoms with Crippen LogP contribution in [0, 0.1) is 0 Å². The van der Waals surface area contributed by atoms with Gasteiger partial charge in [0.1, 0.15) is 11.5 Å². The SMILES string of the molecule is COc1ccc(CCC(=O)C2CCCc3sccc32)cc1. The number of carbonyl (C=O) groups excluding carboxylic acids is 1. The average molecular weight is 300 g/mol. The minimum Gasteiger partial charge on any atom is -0.497 e. The molecule has 0 aliphatic heterocycles. The first-order valence-corrected chi connectivity index (χ1v) is 8.38. The predicted molar refractivity (Wildman–Crippen MR) is 86.3 cm³/mol. The first-order chi connectivity index (χ1) is 10.3. The number of carbonyl (C=O) groups is 1. The molecular weight excluding hydrogens is 280 g/mol. The van der Waals surface area contributed by atoms with Crippen molar-refractivity contribution in [2.24, 2.45) is 0 Å². The van der Waals surface area contributed by atoms with Gasteiger partial charge in [0.2, 0.25) is 0 Å². The highest BCUT2D eigenvalue weighted by atomic mass is 32.1. The van der Waals surface area contributed by atoms with E-state index in [1.54, 1.807) is 18.4 Å². The third kappa shape index (κ3) is 3.18. The highest BCUT2D eigenvalue weighted by Gasteiger charge is 2.26. The maximum atomic E-state index is 12.5. The number of hydrogen-bond acceptors (Lipinski definition) is 3. The van der Waals surface area contributed by atoms with Crippen molar-refractivity contribution in [3.63, 3.8) is 0 Å². The molecule has 1 heterocycles. The smallest absolute Gasteiger partial charge is 0.140 e. The average Bonchev–Trinajstić information content (AvgIpc) is 3.01. The van der Waals surface area contributed by atoms with Crippen molar-refractivity contribution in [1.82, 2.24) is 0 Å². The molecule has 2 aromatic rings. The van der Waals surface area contributed by atoms with Crippen molar-refractivity contribution < 1.29 is 9.53 Å². The second-order valence-corrected chi connectivity index (χ2v) is 6.56. The van der Waals surface area contributed by atoms with Gasteiger partial charge in [-0.05, 0) is 60.4 Å². The van der Waals surface area contributed by atoms with Crippen LogP contribution in [0.15, 0.2) is 35.7 Å². The number of hydrogen-bond donors (Lipinski definition) is 0. The Morgan fingerprint density at radius 1 is 1.29 bits per heavy atom. The maximum Gasteiger partial charge on any atom is 0.140 e. The van der Waals surface area contributed by atoms with Gasteiger partial charge in [-0.15, -0.1) is 11.3 Å². The first-order valence-electron chi connectivity index (χ1n) is 7.50. The molecule has 1 aromatic carbocycles. The van der Waals surface area contributed by atoms with E-state index in [9.17, 15) is 4.79 Å². The summed E-state index contributed by atoms with van der Waals surface area (Å²) in [6.07, 6.45) is 4.76. The van der Waals surface area contributed by atoms with E-state index in [-0.39, 0.29) is 5.92 Å². The predicted octanol–water partition coefficient (Wildman–Crippen LogP) is 4.38. The van der Waals surface area contributed by atoms with Crippen LogP contribution in [0.5, 0.6) is 5.75 Å². The summed E-state index contributed by atoms with van der Waals surface area (Å²) >= 11 is 1.80. The summed E-state index contributed by atoms with van der Waals surface area (Å²) in [5.74, 6) is 1.39. The van der Waals surface area contributed by atoms with Gasteiger partial charge < -0.3 is 4.74 Å². The van der Waals surface area contributed by atoms with Gasteiger partial charge in [0.05, 0.1) is 7.11 Å². The number of ketones is 1. The first kappa shape index (κ1) is 14.3. The quantitative estimate of drug-likeness (QED) is 0.819. The van der Waals surface area contributed by atoms with Gasteiger partial charge in [0, 0.05) is 17.2 Å². The van der Waals surface area contributed by atoms with Crippen molar-refractivity contribution in [3.8, 4) is 5.75 Å². The topological polar surface area (TPSA) is 26.3 Å². The molecular formula is C18H20O2S. The Kier molecular flexibility index (Phi) is 4.39. The molecule has 3 heteroatoms. The van der Waals surface area contributed by atoms with Gasteiger partial charge in [0.25, 0.3) is 0 Å². The summed E-state index contributed by atoms with van der Waals surface area (Å²) in [5.41, 5.74) is 2.50. The van der Waals surface area contributed by atoms with E-state index in [0.29, 0.717) is 12.2 Å². The number of fused-ring (bicyclic) bond motifs is 1. The summed E-state index contributed by atoms with van der Waals surface area (Å²) < 4.78 is 5.15. The largest absolute Gasteiger partial charge is 0.497 e. The molecule has 0 N–H and O–H groups in total. The van der Waals surface area contributed by atoms with Crippen LogP contribution in [0.25, 0.3) is 0 Å². The molecule has 21 heavy (non-hydrogen) atoms. The molecule has 0 saturated carbocycles. The normalized spacial score (nSPS) is 17.3. The molecule has 2 nitrogen and oxygen atoms in total. The van der Waals surface area contributed by atoms with Crippen LogP contribution in [-0.2, 0) is 17.6 Å². The number of thiophene rings is 1. The van der Waals surface area contributed by atoms with Gasteiger partial charge in [-0.1, -0.05) is 12.1 Å². The fourth-order valence-electron chi connectivity index (χ4n) is 3.05. The standard InChI is InChI=1S/C18H20O2S/c1-20-14-8-5-13(6-9-14)7-10-17(19)15-3-2-4-18-16(15)11-12-21-18/h5-6,8-9,11-12,15H,2-4,7,10H2,1H3. The Morgan fingerprint density at radius 3 is 2.86 bits per heavy atom. The Hall–Kier alpha value is -1.61. The summed E-state index contributed by atoms with van der Waals surface area (Å²) in [5, 5.41) is 2.12. The molecule has 0 spiro atoms. The molecule has 0 amide bonds. The Balaban J connectivity index is 1.62. The molecule has 1 unspecified atom stereocenters. The third-order valence-corrected chi connectivity index (χ3v) is 5.26. The Morgan fingerprint density at radius 2 is 2.10 bits per heavy atom. The minimum atomic E-state index is 0.137. The molecule has 1 aliphatic rings. The summed E-state index contributed by atoms with van der Waals surface area (Å²) in [4.78, 5) is 14.0. The lowest BCUT2D eigenvalue weighted by atomic mass is 9.83. The van der Waals surface area contributed by atoms with Gasteiger partial charge in [-0.2, -0.15) is 0 Å². The third-order valence-electron chi connectivity index (χ3n) is 4.26. The molecule has 0 saturated heterocycles. The van der Waals surface area contributed by atoms with Crippen LogP contribution < -0.4 is 4.74 Å². The van der Waals surface area contributed by atoms with E-state index in [1.165, 1.54) is 16.0 Å². The van der Waals surface area contributed by atoms with Crippen LogP contribution in [0.1, 0.15) is 41.2 Å². The number of rotatable bonds is 5. The zero-order chi connectivity index (χ0) is 14.7. The fourth-order valence-corrected chi connectivity index (χ4v) is 4.04. The molecule has 0 fully saturated rings. The molecule has 1 atom stereocenters. The zero-order valence-electron chi connectivity index (χ0n) is 12.3. The molecule has 3 rings (SSSR count). The summed E-state index contributed by atoms with van der Waals surface area (Å²) in [6.45, 7) is 0. The van der Waals surface area contributed by atoms with Gasteiger partial charge in [0.15, 0.2) is 0 Å². The molecule has 0 bridgehead atoms. The zero-order valence-corrected chi connectivity index (χ0v) is 13.1. The summed E-state index contributed by atoms with van der Waals surface area (Å²) in [7, 11) is 1.67. The van der Waals surface area contributed by atoms with Gasteiger partial charge in [-0.3, -0.25) is 4.79 Å². The Labute approximate surface area is 129 Å². The lowest BCUT2D eigenvalue weighted by molar-refractivity contribution is -0.120. The Bertz CT molecular complexity index is 612. The second-order valence-electron chi connectivity index (χ2n) is 5.56. The van der Waals surface area contributed by atoms with Crippen LogP contribution in [0.3, 0.4) is 0 Å². The van der Waals surface area contributed by atoms with Crippen LogP contribution >= 0.6 is 11.3 Å². The molecule has 1 aromatic heterocycles. The number of aryl methyl sites for hydroxylation is 2. The van der Waals surface area contributed by atoms with Crippen molar-refractivity contribution in [2.75, 3.05) is 7.11 Å². The van der Waals surface area contributed by atoms with E-state index in [1.807, 2.05) is 24.3 Å². The van der Waals surface area contributed by atoms with Gasteiger partial charge >= 0.3 is 0 Å². The lowest BCUT2D eigenvalue weighted by Gasteiger charge is -2.21. The maximum absolute atomic E-state index is 12.5.